The molecule has 3 N–H and O–H groups in total. The minimum atomic E-state index is -1.12. The summed E-state index contributed by atoms with van der Waals surface area (Å²) in [7, 11) is 0. The largest absolute Gasteiger partial charge is 0.480 e. The number of carbonyl (C=O) groups excluding carboxylic acids is 2. The van der Waals surface area contributed by atoms with Gasteiger partial charge in [-0.1, -0.05) is 48.5 Å². The minimum Gasteiger partial charge on any atom is -0.480 e. The molecule has 8 heteroatoms. The van der Waals surface area contributed by atoms with E-state index in [9.17, 15) is 14.4 Å². The summed E-state index contributed by atoms with van der Waals surface area (Å²) in [6.45, 7) is 2.36. The number of rotatable bonds is 7. The van der Waals surface area contributed by atoms with Crippen LogP contribution in [-0.2, 0) is 19.1 Å². The number of carboxylic acids is 1. The summed E-state index contributed by atoms with van der Waals surface area (Å²) in [5.74, 6) is -1.57. The average Bonchev–Trinajstić information content (AvgIpc) is 3.15. The lowest BCUT2D eigenvalue weighted by atomic mass is 9.79. The van der Waals surface area contributed by atoms with Crippen molar-refractivity contribution in [2.75, 3.05) is 26.4 Å². The first-order valence-corrected chi connectivity index (χ1v) is 11.1. The molecule has 1 aliphatic carbocycles. The summed E-state index contributed by atoms with van der Waals surface area (Å²) in [5.41, 5.74) is 3.59. The second-order valence-corrected chi connectivity index (χ2v) is 8.61. The minimum absolute atomic E-state index is 0.0468. The molecule has 0 bridgehead atoms. The van der Waals surface area contributed by atoms with Crippen molar-refractivity contribution in [2.45, 2.75) is 31.7 Å². The summed E-state index contributed by atoms with van der Waals surface area (Å²) >= 11 is 0. The van der Waals surface area contributed by atoms with Crippen LogP contribution >= 0.6 is 0 Å². The molecule has 2 amide bonds. The van der Waals surface area contributed by atoms with Crippen molar-refractivity contribution in [1.82, 2.24) is 10.6 Å². The van der Waals surface area contributed by atoms with E-state index in [0.29, 0.717) is 26.1 Å². The number of aliphatic carboxylic acids is 1. The SMILES string of the molecule is C[C@H](NC(=O)C1(CNC(=O)OCC2c3ccccc3-c3ccccc32)CCOCC1)C(=O)O. The Morgan fingerprint density at radius 2 is 1.64 bits per heavy atom. The van der Waals surface area contributed by atoms with Gasteiger partial charge in [-0.3, -0.25) is 9.59 Å². The van der Waals surface area contributed by atoms with Crippen molar-refractivity contribution < 1.29 is 29.0 Å². The molecule has 1 heterocycles. The van der Waals surface area contributed by atoms with E-state index in [2.05, 4.69) is 22.8 Å². The van der Waals surface area contributed by atoms with Crippen LogP contribution in [0, 0.1) is 5.41 Å². The zero-order valence-electron chi connectivity index (χ0n) is 18.5. The monoisotopic (exact) mass is 452 g/mol. The van der Waals surface area contributed by atoms with Gasteiger partial charge in [0.05, 0.1) is 5.41 Å². The van der Waals surface area contributed by atoms with Gasteiger partial charge in [-0.05, 0) is 42.0 Å². The Labute approximate surface area is 192 Å². The van der Waals surface area contributed by atoms with Crippen LogP contribution in [0.15, 0.2) is 48.5 Å². The Kier molecular flexibility index (Phi) is 6.65. The molecule has 0 radical (unpaired) electrons. The van der Waals surface area contributed by atoms with Crippen molar-refractivity contribution in [3.05, 3.63) is 59.7 Å². The highest BCUT2D eigenvalue weighted by molar-refractivity contribution is 5.88. The third-order valence-corrected chi connectivity index (χ3v) is 6.56. The molecule has 4 rings (SSSR count). The molecule has 2 aliphatic rings. The molecule has 0 unspecified atom stereocenters. The number of amides is 2. The molecular formula is C25H28N2O6. The van der Waals surface area contributed by atoms with E-state index in [-0.39, 0.29) is 19.1 Å². The van der Waals surface area contributed by atoms with Gasteiger partial charge in [-0.2, -0.15) is 0 Å². The van der Waals surface area contributed by atoms with Crippen LogP contribution in [0.5, 0.6) is 0 Å². The Morgan fingerprint density at radius 3 is 2.21 bits per heavy atom. The number of benzene rings is 2. The zero-order valence-corrected chi connectivity index (χ0v) is 18.5. The summed E-state index contributed by atoms with van der Waals surface area (Å²) < 4.78 is 10.9. The van der Waals surface area contributed by atoms with Crippen molar-refractivity contribution >= 4 is 18.0 Å². The number of hydrogen-bond donors (Lipinski definition) is 3. The second-order valence-electron chi connectivity index (χ2n) is 8.61. The third-order valence-electron chi connectivity index (χ3n) is 6.56. The molecule has 1 saturated heterocycles. The Morgan fingerprint density at radius 1 is 1.06 bits per heavy atom. The van der Waals surface area contributed by atoms with Gasteiger partial charge in [-0.15, -0.1) is 0 Å². The van der Waals surface area contributed by atoms with E-state index in [4.69, 9.17) is 14.6 Å². The highest BCUT2D eigenvalue weighted by atomic mass is 16.5. The molecule has 8 nitrogen and oxygen atoms in total. The fraction of sp³-hybridized carbons (Fsp3) is 0.400. The van der Waals surface area contributed by atoms with Gasteiger partial charge in [-0.25, -0.2) is 4.79 Å². The second kappa shape index (κ2) is 9.62. The van der Waals surface area contributed by atoms with E-state index in [1.54, 1.807) is 0 Å². The lowest BCUT2D eigenvalue weighted by molar-refractivity contribution is -0.145. The highest BCUT2D eigenvalue weighted by Crippen LogP contribution is 2.44. The summed E-state index contributed by atoms with van der Waals surface area (Å²) in [6, 6.07) is 15.2. The van der Waals surface area contributed by atoms with E-state index in [1.165, 1.54) is 6.92 Å². The van der Waals surface area contributed by atoms with Gasteiger partial charge in [0, 0.05) is 25.7 Å². The maximum absolute atomic E-state index is 12.9. The molecular weight excluding hydrogens is 424 g/mol. The number of hydrogen-bond acceptors (Lipinski definition) is 5. The number of fused-ring (bicyclic) bond motifs is 3. The predicted octanol–water partition coefficient (Wildman–Crippen LogP) is 2.91. The standard InChI is InChI=1S/C25H28N2O6/c1-16(22(28)29)27-23(30)25(10-12-32-13-11-25)15-26-24(31)33-14-21-19-8-4-2-6-17(19)18-7-3-5-9-20(18)21/h2-9,16,21H,10-15H2,1H3,(H,26,31)(H,27,30)(H,28,29)/t16-/m0/s1. The summed E-state index contributed by atoms with van der Waals surface area (Å²) in [6.07, 6.45) is 0.158. The third kappa shape index (κ3) is 4.71. The van der Waals surface area contributed by atoms with Gasteiger partial charge in [0.2, 0.25) is 5.91 Å². The molecule has 1 fully saturated rings. The first-order valence-electron chi connectivity index (χ1n) is 11.1. The lowest BCUT2D eigenvalue weighted by Gasteiger charge is -2.36. The van der Waals surface area contributed by atoms with E-state index < -0.39 is 29.4 Å². The first-order chi connectivity index (χ1) is 15.9. The molecule has 0 saturated carbocycles. The highest BCUT2D eigenvalue weighted by Gasteiger charge is 2.41. The van der Waals surface area contributed by atoms with Crippen LogP contribution in [0.2, 0.25) is 0 Å². The molecule has 0 aromatic heterocycles. The maximum Gasteiger partial charge on any atom is 0.407 e. The summed E-state index contributed by atoms with van der Waals surface area (Å²) in [4.78, 5) is 36.6. The normalized spacial score (nSPS) is 17.4. The maximum atomic E-state index is 12.9. The van der Waals surface area contributed by atoms with E-state index in [1.807, 2.05) is 36.4 Å². The van der Waals surface area contributed by atoms with E-state index in [0.717, 1.165) is 22.3 Å². The first kappa shape index (κ1) is 22.8. The van der Waals surface area contributed by atoms with Gasteiger partial charge in [0.1, 0.15) is 12.6 Å². The van der Waals surface area contributed by atoms with Gasteiger partial charge < -0.3 is 25.2 Å². The number of carbonyl (C=O) groups is 3. The molecule has 33 heavy (non-hydrogen) atoms. The van der Waals surface area contributed by atoms with E-state index >= 15 is 0 Å². The topological polar surface area (TPSA) is 114 Å². The fourth-order valence-electron chi connectivity index (χ4n) is 4.55. The van der Waals surface area contributed by atoms with Crippen molar-refractivity contribution in [2.24, 2.45) is 5.41 Å². The molecule has 1 atom stereocenters. The molecule has 2 aromatic rings. The molecule has 0 spiro atoms. The summed E-state index contributed by atoms with van der Waals surface area (Å²) in [5, 5.41) is 14.4. The lowest BCUT2D eigenvalue weighted by Crippen LogP contribution is -2.54. The number of nitrogens with one attached hydrogen (secondary N) is 2. The van der Waals surface area contributed by atoms with Crippen LogP contribution in [0.3, 0.4) is 0 Å². The Balaban J connectivity index is 1.39. The van der Waals surface area contributed by atoms with Crippen LogP contribution < -0.4 is 10.6 Å². The Bertz CT molecular complexity index is 1000. The zero-order chi connectivity index (χ0) is 23.4. The average molecular weight is 453 g/mol. The smallest absolute Gasteiger partial charge is 0.407 e. The van der Waals surface area contributed by atoms with Crippen molar-refractivity contribution in [3.63, 3.8) is 0 Å². The number of ether oxygens (including phenoxy) is 2. The van der Waals surface area contributed by atoms with Gasteiger partial charge in [0.15, 0.2) is 0 Å². The van der Waals surface area contributed by atoms with Gasteiger partial charge in [0.25, 0.3) is 0 Å². The fourth-order valence-corrected chi connectivity index (χ4v) is 4.55. The molecule has 174 valence electrons. The number of carboxylic acid groups (broad SMARTS) is 1. The van der Waals surface area contributed by atoms with Crippen LogP contribution in [-0.4, -0.2) is 55.5 Å². The van der Waals surface area contributed by atoms with Crippen LogP contribution in [0.1, 0.15) is 36.8 Å². The molecule has 2 aromatic carbocycles. The Hall–Kier alpha value is -3.39. The van der Waals surface area contributed by atoms with Crippen LogP contribution in [0.25, 0.3) is 11.1 Å². The quantitative estimate of drug-likeness (QED) is 0.595. The van der Waals surface area contributed by atoms with Crippen molar-refractivity contribution in [1.29, 1.82) is 0 Å². The van der Waals surface area contributed by atoms with Crippen molar-refractivity contribution in [3.8, 4) is 11.1 Å². The molecule has 1 aliphatic heterocycles. The number of alkyl carbamates (subject to hydrolysis) is 1. The predicted molar refractivity (Wildman–Crippen MR) is 121 cm³/mol. The van der Waals surface area contributed by atoms with Crippen LogP contribution in [0.4, 0.5) is 4.79 Å². The van der Waals surface area contributed by atoms with Gasteiger partial charge >= 0.3 is 12.1 Å².